The molecule has 0 bridgehead atoms. The lowest BCUT2D eigenvalue weighted by Gasteiger charge is -2.19. The fourth-order valence-electron chi connectivity index (χ4n) is 1.27. The number of hydrogen-bond donors (Lipinski definition) is 0. The van der Waals surface area contributed by atoms with Crippen molar-refractivity contribution in [1.82, 2.24) is 4.90 Å². The van der Waals surface area contributed by atoms with Crippen molar-refractivity contribution in [3.63, 3.8) is 0 Å². The minimum absolute atomic E-state index is 0.0249. The van der Waals surface area contributed by atoms with Crippen LogP contribution in [0.5, 0.6) is 0 Å². The number of amides is 1. The fourth-order valence-corrected chi connectivity index (χ4v) is 2.24. The molecule has 0 aliphatic heterocycles. The highest BCUT2D eigenvalue weighted by molar-refractivity contribution is 7.99. The Morgan fingerprint density at radius 1 is 1.33 bits per heavy atom. The second-order valence-corrected chi connectivity index (χ2v) is 4.85. The van der Waals surface area contributed by atoms with Crippen LogP contribution >= 0.6 is 11.8 Å². The molecule has 0 aromatic rings. The van der Waals surface area contributed by atoms with E-state index in [2.05, 4.69) is 17.9 Å². The highest BCUT2D eigenvalue weighted by Gasteiger charge is 2.15. The van der Waals surface area contributed by atoms with E-state index >= 15 is 0 Å². The molecule has 1 amide bonds. The molecule has 0 aliphatic carbocycles. The average Bonchev–Trinajstić information content (AvgIpc) is 2.37. The Balaban J connectivity index is 4.03. The lowest BCUT2D eigenvalue weighted by Crippen LogP contribution is -2.33. The van der Waals surface area contributed by atoms with Crippen molar-refractivity contribution >= 4 is 23.6 Å². The van der Waals surface area contributed by atoms with E-state index < -0.39 is 0 Å². The highest BCUT2D eigenvalue weighted by atomic mass is 32.2. The Hall–Kier alpha value is -1.23. The molecule has 0 aliphatic rings. The monoisotopic (exact) mass is 271 g/mol. The van der Waals surface area contributed by atoms with Gasteiger partial charge in [0.2, 0.25) is 5.91 Å². The van der Waals surface area contributed by atoms with Gasteiger partial charge in [-0.25, -0.2) is 0 Å². The molecular weight excluding hydrogens is 250 g/mol. The van der Waals surface area contributed by atoms with Gasteiger partial charge < -0.3 is 9.64 Å². The van der Waals surface area contributed by atoms with Crippen LogP contribution in [0.15, 0.2) is 25.3 Å². The van der Waals surface area contributed by atoms with Crippen LogP contribution in [0.3, 0.4) is 0 Å². The zero-order valence-corrected chi connectivity index (χ0v) is 11.9. The quantitative estimate of drug-likeness (QED) is 0.473. The Kier molecular flexibility index (Phi) is 9.10. The fraction of sp³-hybridized carbons (Fsp3) is 0.538. The highest BCUT2D eigenvalue weighted by Crippen LogP contribution is 2.10. The Morgan fingerprint density at radius 2 is 1.89 bits per heavy atom. The second kappa shape index (κ2) is 9.76. The van der Waals surface area contributed by atoms with Crippen LogP contribution in [-0.4, -0.2) is 48.5 Å². The maximum Gasteiger partial charge on any atom is 0.309 e. The van der Waals surface area contributed by atoms with Crippen LogP contribution in [0.1, 0.15) is 6.92 Å². The molecule has 1 unspecified atom stereocenters. The number of hydrogen-bond acceptors (Lipinski definition) is 4. The number of rotatable bonds is 9. The predicted molar refractivity (Wildman–Crippen MR) is 75.5 cm³/mol. The molecule has 4 nitrogen and oxygen atoms in total. The molecule has 0 aromatic heterocycles. The maximum absolute atomic E-state index is 11.8. The summed E-state index contributed by atoms with van der Waals surface area (Å²) < 4.78 is 4.62. The summed E-state index contributed by atoms with van der Waals surface area (Å²) in [5.41, 5.74) is 0. The van der Waals surface area contributed by atoms with E-state index in [1.165, 1.54) is 18.9 Å². The van der Waals surface area contributed by atoms with E-state index in [1.54, 1.807) is 24.0 Å². The normalized spacial score (nSPS) is 11.4. The number of ether oxygens (including phenoxy) is 1. The smallest absolute Gasteiger partial charge is 0.309 e. The summed E-state index contributed by atoms with van der Waals surface area (Å²) in [5, 5.41) is 0. The van der Waals surface area contributed by atoms with Crippen molar-refractivity contribution in [2.45, 2.75) is 6.92 Å². The third-order valence-electron chi connectivity index (χ3n) is 2.25. The maximum atomic E-state index is 11.8. The summed E-state index contributed by atoms with van der Waals surface area (Å²) in [7, 11) is 1.37. The van der Waals surface area contributed by atoms with Gasteiger partial charge in [-0.1, -0.05) is 19.1 Å². The number of nitrogens with zero attached hydrogens (tertiary/aromatic N) is 1. The van der Waals surface area contributed by atoms with Crippen molar-refractivity contribution in [2.24, 2.45) is 5.92 Å². The first kappa shape index (κ1) is 16.8. The largest absolute Gasteiger partial charge is 0.469 e. The molecular formula is C13H21NO3S. The van der Waals surface area contributed by atoms with Crippen LogP contribution in [0.4, 0.5) is 0 Å². The van der Waals surface area contributed by atoms with Gasteiger partial charge in [-0.05, 0) is 0 Å². The van der Waals surface area contributed by atoms with Crippen LogP contribution in [0, 0.1) is 5.92 Å². The number of carbonyl (C=O) groups is 2. The summed E-state index contributed by atoms with van der Waals surface area (Å²) in [4.78, 5) is 24.7. The van der Waals surface area contributed by atoms with E-state index in [1.807, 2.05) is 0 Å². The Morgan fingerprint density at radius 3 is 2.33 bits per heavy atom. The molecule has 102 valence electrons. The zero-order valence-electron chi connectivity index (χ0n) is 11.1. The van der Waals surface area contributed by atoms with Gasteiger partial charge in [0.05, 0.1) is 18.8 Å². The van der Waals surface area contributed by atoms with Crippen LogP contribution in [0.25, 0.3) is 0 Å². The first-order valence-corrected chi connectivity index (χ1v) is 6.87. The Labute approximate surface area is 113 Å². The Bertz CT molecular complexity index is 295. The molecule has 0 heterocycles. The molecule has 18 heavy (non-hydrogen) atoms. The topological polar surface area (TPSA) is 46.6 Å². The average molecular weight is 271 g/mol. The molecule has 0 saturated carbocycles. The SMILES string of the molecule is C=CCN(CC=C)C(=O)CSCC(C)C(=O)OC. The molecule has 0 fully saturated rings. The van der Waals surface area contributed by atoms with E-state index in [9.17, 15) is 9.59 Å². The van der Waals surface area contributed by atoms with Gasteiger partial charge in [0.1, 0.15) is 0 Å². The van der Waals surface area contributed by atoms with Crippen molar-refractivity contribution in [3.8, 4) is 0 Å². The van der Waals surface area contributed by atoms with E-state index in [0.29, 0.717) is 24.6 Å². The van der Waals surface area contributed by atoms with Crippen molar-refractivity contribution < 1.29 is 14.3 Å². The van der Waals surface area contributed by atoms with Crippen molar-refractivity contribution in [2.75, 3.05) is 31.7 Å². The molecule has 5 heteroatoms. The zero-order chi connectivity index (χ0) is 14.0. The van der Waals surface area contributed by atoms with Crippen molar-refractivity contribution in [1.29, 1.82) is 0 Å². The van der Waals surface area contributed by atoms with Crippen molar-refractivity contribution in [3.05, 3.63) is 25.3 Å². The lowest BCUT2D eigenvalue weighted by atomic mass is 10.2. The van der Waals surface area contributed by atoms with Gasteiger partial charge in [-0.3, -0.25) is 9.59 Å². The summed E-state index contributed by atoms with van der Waals surface area (Å²) in [6, 6.07) is 0. The van der Waals surface area contributed by atoms with Crippen LogP contribution in [0.2, 0.25) is 0 Å². The molecule has 0 N–H and O–H groups in total. The predicted octanol–water partition coefficient (Wildman–Crippen LogP) is 1.73. The van der Waals surface area contributed by atoms with Gasteiger partial charge in [0, 0.05) is 18.8 Å². The summed E-state index contributed by atoms with van der Waals surface area (Å²) in [6.07, 6.45) is 3.37. The third kappa shape index (κ3) is 6.49. The molecule has 0 aromatic carbocycles. The van der Waals surface area contributed by atoms with E-state index in [4.69, 9.17) is 0 Å². The van der Waals surface area contributed by atoms with E-state index in [0.717, 1.165) is 0 Å². The summed E-state index contributed by atoms with van der Waals surface area (Å²) >= 11 is 1.43. The number of methoxy groups -OCH3 is 1. The van der Waals surface area contributed by atoms with Gasteiger partial charge in [0.15, 0.2) is 0 Å². The van der Waals surface area contributed by atoms with Gasteiger partial charge in [0.25, 0.3) is 0 Å². The van der Waals surface area contributed by atoms with Crippen LogP contribution in [-0.2, 0) is 14.3 Å². The van der Waals surface area contributed by atoms with E-state index in [-0.39, 0.29) is 17.8 Å². The lowest BCUT2D eigenvalue weighted by molar-refractivity contribution is -0.144. The standard InChI is InChI=1S/C13H21NO3S/c1-5-7-14(8-6-2)12(15)10-18-9-11(3)13(16)17-4/h5-6,11H,1-2,7-10H2,3-4H3. The number of thioether (sulfide) groups is 1. The van der Waals surface area contributed by atoms with Gasteiger partial charge in [-0.2, -0.15) is 11.8 Å². The minimum atomic E-state index is -0.246. The van der Waals surface area contributed by atoms with Gasteiger partial charge >= 0.3 is 5.97 Å². The number of carbonyl (C=O) groups excluding carboxylic acids is 2. The minimum Gasteiger partial charge on any atom is -0.469 e. The molecule has 0 radical (unpaired) electrons. The summed E-state index contributed by atoms with van der Waals surface area (Å²) in [5.74, 6) is 0.512. The third-order valence-corrected chi connectivity index (χ3v) is 3.44. The molecule has 0 spiro atoms. The second-order valence-electron chi connectivity index (χ2n) is 3.82. The van der Waals surface area contributed by atoms with Crippen LogP contribution < -0.4 is 0 Å². The molecule has 1 atom stereocenters. The first-order chi connectivity index (χ1) is 8.56. The molecule has 0 rings (SSSR count). The summed E-state index contributed by atoms with van der Waals surface area (Å²) in [6.45, 7) is 10.0. The first-order valence-electron chi connectivity index (χ1n) is 5.71. The molecule has 0 saturated heterocycles. The van der Waals surface area contributed by atoms with Gasteiger partial charge in [-0.15, -0.1) is 13.2 Å². The number of esters is 1.